The zero-order valence-electron chi connectivity index (χ0n) is 11.7. The van der Waals surface area contributed by atoms with E-state index in [9.17, 15) is 3.74 Å². The summed E-state index contributed by atoms with van der Waals surface area (Å²) in [5.74, 6) is 0. The van der Waals surface area contributed by atoms with Gasteiger partial charge in [-0.25, -0.2) is 0 Å². The van der Waals surface area contributed by atoms with Gasteiger partial charge in [0.05, 0.1) is 0 Å². The standard InChI is InChI=1S/C14H16AsN3O3/c1-18(2)14-6-4-3-5-13(14)17-16-12-9-7-11(8-10-12)15(19,20)21/h3-10H,1-2H3,(H2,19,20,21). The summed E-state index contributed by atoms with van der Waals surface area (Å²) in [4.78, 5) is 1.94. The van der Waals surface area contributed by atoms with E-state index in [4.69, 9.17) is 8.19 Å². The zero-order chi connectivity index (χ0) is 15.5. The number of rotatable bonds is 4. The molecule has 6 nitrogen and oxygen atoms in total. The van der Waals surface area contributed by atoms with Crippen molar-refractivity contribution in [3.8, 4) is 0 Å². The Morgan fingerprint density at radius 1 is 0.952 bits per heavy atom. The molecule has 0 amide bonds. The van der Waals surface area contributed by atoms with Crippen molar-refractivity contribution < 1.29 is 11.9 Å². The molecule has 0 spiro atoms. The molecule has 2 aromatic rings. The van der Waals surface area contributed by atoms with Crippen LogP contribution >= 0.6 is 0 Å². The van der Waals surface area contributed by atoms with Gasteiger partial charge >= 0.3 is 125 Å². The van der Waals surface area contributed by atoms with E-state index in [1.807, 2.05) is 43.3 Å². The first kappa shape index (κ1) is 15.5. The SMILES string of the molecule is CN(C)c1ccccc1N=Nc1ccc([As](=O)(O)O)cc1. The van der Waals surface area contributed by atoms with Gasteiger partial charge in [0.1, 0.15) is 0 Å². The van der Waals surface area contributed by atoms with Crippen molar-refractivity contribution in [2.75, 3.05) is 19.0 Å². The summed E-state index contributed by atoms with van der Waals surface area (Å²) in [7, 11) is 3.84. The van der Waals surface area contributed by atoms with Gasteiger partial charge in [-0.3, -0.25) is 0 Å². The number of para-hydroxylation sites is 1. The molecule has 0 fully saturated rings. The zero-order valence-corrected chi connectivity index (χ0v) is 13.6. The topological polar surface area (TPSA) is 85.5 Å². The van der Waals surface area contributed by atoms with Crippen molar-refractivity contribution in [2.45, 2.75) is 0 Å². The Morgan fingerprint density at radius 2 is 1.57 bits per heavy atom. The van der Waals surface area contributed by atoms with Crippen LogP contribution in [0.25, 0.3) is 0 Å². The summed E-state index contributed by atoms with van der Waals surface area (Å²) in [6.45, 7) is 0. The molecule has 0 aromatic heterocycles. The molecule has 0 aliphatic heterocycles. The van der Waals surface area contributed by atoms with Crippen molar-refractivity contribution in [2.24, 2.45) is 10.2 Å². The minimum absolute atomic E-state index is 0.0285. The summed E-state index contributed by atoms with van der Waals surface area (Å²) in [5, 5.41) is 8.28. The van der Waals surface area contributed by atoms with E-state index in [2.05, 4.69) is 10.2 Å². The molecular weight excluding hydrogens is 333 g/mol. The third-order valence-electron chi connectivity index (χ3n) is 2.82. The fourth-order valence-corrected chi connectivity index (χ4v) is 2.88. The van der Waals surface area contributed by atoms with E-state index < -0.39 is 14.2 Å². The first-order chi connectivity index (χ1) is 9.88. The van der Waals surface area contributed by atoms with Crippen LogP contribution in [-0.4, -0.2) is 36.5 Å². The van der Waals surface area contributed by atoms with E-state index in [1.165, 1.54) is 24.3 Å². The van der Waals surface area contributed by atoms with Gasteiger partial charge in [0.15, 0.2) is 0 Å². The Hall–Kier alpha value is -1.88. The Kier molecular flexibility index (Phi) is 4.62. The van der Waals surface area contributed by atoms with Crippen LogP contribution < -0.4 is 9.25 Å². The molecule has 0 bridgehead atoms. The van der Waals surface area contributed by atoms with Crippen molar-refractivity contribution in [3.63, 3.8) is 0 Å². The molecule has 0 saturated heterocycles. The molecule has 0 saturated carbocycles. The molecular formula is C14H16AsN3O3. The molecule has 0 atom stereocenters. The van der Waals surface area contributed by atoms with Gasteiger partial charge in [0, 0.05) is 0 Å². The first-order valence-electron chi connectivity index (χ1n) is 6.22. The predicted molar refractivity (Wildman–Crippen MR) is 81.9 cm³/mol. The van der Waals surface area contributed by atoms with Gasteiger partial charge in [-0.15, -0.1) is 0 Å². The number of nitrogens with zero attached hydrogens (tertiary/aromatic N) is 3. The molecule has 0 aliphatic carbocycles. The summed E-state index contributed by atoms with van der Waals surface area (Å²) in [6.07, 6.45) is 0. The molecule has 21 heavy (non-hydrogen) atoms. The van der Waals surface area contributed by atoms with Gasteiger partial charge in [-0.05, 0) is 0 Å². The number of benzene rings is 2. The molecule has 0 radical (unpaired) electrons. The quantitative estimate of drug-likeness (QED) is 0.650. The van der Waals surface area contributed by atoms with Crippen LogP contribution in [0.5, 0.6) is 0 Å². The van der Waals surface area contributed by atoms with Crippen molar-refractivity contribution in [1.82, 2.24) is 0 Å². The average Bonchev–Trinajstić information content (AvgIpc) is 2.45. The Labute approximate surface area is 125 Å². The molecule has 0 aliphatic rings. The second kappa shape index (κ2) is 6.26. The number of hydrogen-bond donors (Lipinski definition) is 2. The Balaban J connectivity index is 2.24. The van der Waals surface area contributed by atoms with Crippen LogP contribution in [0.4, 0.5) is 17.1 Å². The van der Waals surface area contributed by atoms with Crippen LogP contribution in [0.2, 0.25) is 0 Å². The predicted octanol–water partition coefficient (Wildman–Crippen LogP) is 1.73. The van der Waals surface area contributed by atoms with Crippen molar-refractivity contribution in [1.29, 1.82) is 0 Å². The number of anilines is 1. The third kappa shape index (κ3) is 4.04. The van der Waals surface area contributed by atoms with Gasteiger partial charge in [-0.2, -0.15) is 0 Å². The Morgan fingerprint density at radius 3 is 2.14 bits per heavy atom. The Bertz CT molecular complexity index is 693. The van der Waals surface area contributed by atoms with Gasteiger partial charge < -0.3 is 0 Å². The van der Waals surface area contributed by atoms with Crippen molar-refractivity contribution in [3.05, 3.63) is 48.5 Å². The average molecular weight is 349 g/mol. The normalized spacial score (nSPS) is 11.8. The fraction of sp³-hybridized carbons (Fsp3) is 0.143. The van der Waals surface area contributed by atoms with Crippen LogP contribution in [0, 0.1) is 0 Å². The maximum absolute atomic E-state index is 11.1. The number of azo groups is 1. The summed E-state index contributed by atoms with van der Waals surface area (Å²) in [6, 6.07) is 13.4. The van der Waals surface area contributed by atoms with Crippen LogP contribution in [0.3, 0.4) is 0 Å². The van der Waals surface area contributed by atoms with Gasteiger partial charge in [0.2, 0.25) is 0 Å². The second-order valence-electron chi connectivity index (χ2n) is 4.64. The first-order valence-corrected chi connectivity index (χ1v) is 9.60. The van der Waals surface area contributed by atoms with E-state index in [0.29, 0.717) is 5.69 Å². The van der Waals surface area contributed by atoms with Crippen LogP contribution in [0.1, 0.15) is 0 Å². The van der Waals surface area contributed by atoms with E-state index >= 15 is 0 Å². The van der Waals surface area contributed by atoms with Gasteiger partial charge in [-0.1, -0.05) is 0 Å². The molecule has 110 valence electrons. The summed E-state index contributed by atoms with van der Waals surface area (Å²) >= 11 is -4.83. The van der Waals surface area contributed by atoms with Crippen LogP contribution in [-0.2, 0) is 3.74 Å². The molecule has 2 aromatic carbocycles. The molecule has 0 heterocycles. The van der Waals surface area contributed by atoms with E-state index in [1.54, 1.807) is 0 Å². The molecule has 7 heteroatoms. The number of hydrogen-bond acceptors (Lipinski definition) is 4. The molecule has 2 N–H and O–H groups in total. The minimum atomic E-state index is -4.83. The maximum atomic E-state index is 11.1. The summed E-state index contributed by atoms with van der Waals surface area (Å²) in [5.41, 5.74) is 2.21. The second-order valence-corrected chi connectivity index (χ2v) is 8.01. The molecule has 2 rings (SSSR count). The van der Waals surface area contributed by atoms with Gasteiger partial charge in [0.25, 0.3) is 0 Å². The monoisotopic (exact) mass is 349 g/mol. The summed E-state index contributed by atoms with van der Waals surface area (Å²) < 4.78 is 29.4. The molecule has 0 unspecified atom stereocenters. The van der Waals surface area contributed by atoms with Crippen molar-refractivity contribution >= 4 is 35.6 Å². The van der Waals surface area contributed by atoms with E-state index in [-0.39, 0.29) is 4.35 Å². The van der Waals surface area contributed by atoms with E-state index in [0.717, 1.165) is 11.4 Å². The fourth-order valence-electron chi connectivity index (χ4n) is 1.75. The van der Waals surface area contributed by atoms with Crippen LogP contribution in [0.15, 0.2) is 58.8 Å². The third-order valence-corrected chi connectivity index (χ3v) is 4.86.